The molecule has 0 bridgehead atoms. The summed E-state index contributed by atoms with van der Waals surface area (Å²) in [6.45, 7) is 9.05. The van der Waals surface area contributed by atoms with Crippen LogP contribution in [0.4, 0.5) is 0 Å². The molecule has 7 nitrogen and oxygen atoms in total. The summed E-state index contributed by atoms with van der Waals surface area (Å²) in [5.41, 5.74) is 6.57. The third kappa shape index (κ3) is 6.65. The van der Waals surface area contributed by atoms with Crippen LogP contribution >= 0.6 is 11.8 Å². The third-order valence-electron chi connectivity index (χ3n) is 5.60. The van der Waals surface area contributed by atoms with Crippen LogP contribution in [0.25, 0.3) is 17.1 Å². The van der Waals surface area contributed by atoms with Crippen LogP contribution in [-0.2, 0) is 10.2 Å². The molecule has 4 aromatic rings. The number of hydrogen-bond acceptors (Lipinski definition) is 6. The minimum Gasteiger partial charge on any atom is -0.493 e. The van der Waals surface area contributed by atoms with Gasteiger partial charge in [0.1, 0.15) is 5.75 Å². The second-order valence-corrected chi connectivity index (χ2v) is 10.3. The number of aromatic nitrogens is 3. The molecule has 1 N–H and O–H groups in total. The van der Waals surface area contributed by atoms with E-state index in [9.17, 15) is 4.79 Å². The number of amides is 1. The zero-order chi connectivity index (χ0) is 26.3. The molecule has 1 amide bonds. The number of nitrogens with one attached hydrogen (secondary N) is 1. The molecule has 0 atom stereocenters. The summed E-state index contributed by atoms with van der Waals surface area (Å²) in [6, 6.07) is 25.8. The van der Waals surface area contributed by atoms with Gasteiger partial charge in [0.25, 0.3) is 5.91 Å². The SMILES string of the molecule is CCOc1ccccc1/C=N/NC(=O)CSc1nnc(-c2ccc(C(C)(C)C)cc2)n1-c1ccccc1. The molecular weight excluding hydrogens is 482 g/mol. The average molecular weight is 514 g/mol. The van der Waals surface area contributed by atoms with E-state index in [1.165, 1.54) is 17.3 Å². The lowest BCUT2D eigenvalue weighted by Gasteiger charge is -2.19. The molecule has 0 saturated heterocycles. The minimum absolute atomic E-state index is 0.0631. The van der Waals surface area contributed by atoms with Gasteiger partial charge in [-0.2, -0.15) is 5.10 Å². The van der Waals surface area contributed by atoms with Crippen molar-refractivity contribution in [3.8, 4) is 22.8 Å². The van der Waals surface area contributed by atoms with Crippen LogP contribution in [0.15, 0.2) is 89.1 Å². The molecule has 1 heterocycles. The van der Waals surface area contributed by atoms with E-state index in [4.69, 9.17) is 4.74 Å². The topological polar surface area (TPSA) is 81.4 Å². The van der Waals surface area contributed by atoms with Crippen LogP contribution in [-0.4, -0.2) is 39.2 Å². The predicted octanol–water partition coefficient (Wildman–Crippen LogP) is 5.87. The molecule has 0 aliphatic heterocycles. The van der Waals surface area contributed by atoms with Gasteiger partial charge >= 0.3 is 0 Å². The van der Waals surface area contributed by atoms with Crippen molar-refractivity contribution in [3.63, 3.8) is 0 Å². The number of para-hydroxylation sites is 2. The molecule has 0 radical (unpaired) electrons. The highest BCUT2D eigenvalue weighted by atomic mass is 32.2. The van der Waals surface area contributed by atoms with E-state index in [0.717, 1.165) is 28.4 Å². The maximum absolute atomic E-state index is 12.5. The fourth-order valence-corrected chi connectivity index (χ4v) is 4.43. The first-order chi connectivity index (χ1) is 17.9. The van der Waals surface area contributed by atoms with Crippen LogP contribution in [0.2, 0.25) is 0 Å². The predicted molar refractivity (Wildman–Crippen MR) is 150 cm³/mol. The molecule has 0 fully saturated rings. The summed E-state index contributed by atoms with van der Waals surface area (Å²) >= 11 is 1.31. The van der Waals surface area contributed by atoms with Crippen molar-refractivity contribution < 1.29 is 9.53 Å². The zero-order valence-electron chi connectivity index (χ0n) is 21.5. The number of rotatable bonds is 9. The number of carbonyl (C=O) groups is 1. The lowest BCUT2D eigenvalue weighted by Crippen LogP contribution is -2.20. The number of benzene rings is 3. The molecule has 190 valence electrons. The van der Waals surface area contributed by atoms with E-state index in [0.29, 0.717) is 11.8 Å². The Balaban J connectivity index is 1.50. The Morgan fingerprint density at radius 3 is 2.41 bits per heavy atom. The summed E-state index contributed by atoms with van der Waals surface area (Å²) in [4.78, 5) is 12.5. The second-order valence-electron chi connectivity index (χ2n) is 9.36. The number of hydrogen-bond donors (Lipinski definition) is 1. The van der Waals surface area contributed by atoms with Gasteiger partial charge in [-0.05, 0) is 42.2 Å². The van der Waals surface area contributed by atoms with Crippen molar-refractivity contribution in [2.45, 2.75) is 38.3 Å². The number of ether oxygens (including phenoxy) is 1. The summed E-state index contributed by atoms with van der Waals surface area (Å²) in [5, 5.41) is 13.6. The lowest BCUT2D eigenvalue weighted by atomic mass is 9.87. The van der Waals surface area contributed by atoms with Gasteiger partial charge in [0.05, 0.1) is 18.6 Å². The first-order valence-electron chi connectivity index (χ1n) is 12.1. The van der Waals surface area contributed by atoms with E-state index < -0.39 is 0 Å². The van der Waals surface area contributed by atoms with Gasteiger partial charge in [-0.15, -0.1) is 10.2 Å². The Kier molecular flexibility index (Phi) is 8.40. The summed E-state index contributed by atoms with van der Waals surface area (Å²) in [6.07, 6.45) is 1.58. The molecule has 0 aliphatic rings. The first kappa shape index (κ1) is 26.2. The minimum atomic E-state index is -0.242. The highest BCUT2D eigenvalue weighted by molar-refractivity contribution is 7.99. The van der Waals surface area contributed by atoms with Gasteiger partial charge in [-0.1, -0.05) is 87.1 Å². The Hall–Kier alpha value is -3.91. The highest BCUT2D eigenvalue weighted by Gasteiger charge is 2.19. The fraction of sp³-hybridized carbons (Fsp3) is 0.241. The van der Waals surface area contributed by atoms with Gasteiger partial charge in [-0.25, -0.2) is 5.43 Å². The Bertz CT molecular complexity index is 1360. The molecule has 0 unspecified atom stereocenters. The summed E-state index contributed by atoms with van der Waals surface area (Å²) in [7, 11) is 0. The van der Waals surface area contributed by atoms with Gasteiger partial charge in [0.2, 0.25) is 0 Å². The molecule has 4 rings (SSSR count). The van der Waals surface area contributed by atoms with Crippen molar-refractivity contribution in [1.82, 2.24) is 20.2 Å². The Morgan fingerprint density at radius 1 is 1.00 bits per heavy atom. The quantitative estimate of drug-likeness (QED) is 0.172. The van der Waals surface area contributed by atoms with Crippen LogP contribution in [0.1, 0.15) is 38.8 Å². The lowest BCUT2D eigenvalue weighted by molar-refractivity contribution is -0.118. The maximum atomic E-state index is 12.5. The fourth-order valence-electron chi connectivity index (χ4n) is 3.69. The highest BCUT2D eigenvalue weighted by Crippen LogP contribution is 2.30. The molecule has 3 aromatic carbocycles. The molecule has 0 saturated carbocycles. The third-order valence-corrected chi connectivity index (χ3v) is 6.53. The maximum Gasteiger partial charge on any atom is 0.250 e. The first-order valence-corrected chi connectivity index (χ1v) is 13.1. The summed E-state index contributed by atoms with van der Waals surface area (Å²) < 4.78 is 7.57. The van der Waals surface area contributed by atoms with Gasteiger partial charge in [0.15, 0.2) is 11.0 Å². The van der Waals surface area contributed by atoms with E-state index in [1.54, 1.807) is 6.21 Å². The number of nitrogens with zero attached hydrogens (tertiary/aromatic N) is 4. The standard InChI is InChI=1S/C29H31N5O2S/c1-5-36-25-14-10-9-11-22(25)19-30-31-26(35)20-37-28-33-32-27(34(28)24-12-7-6-8-13-24)21-15-17-23(18-16-21)29(2,3)4/h6-19H,5,20H2,1-4H3,(H,31,35)/b30-19+. The Labute approximate surface area is 222 Å². The number of thioether (sulfide) groups is 1. The van der Waals surface area contributed by atoms with Crippen molar-refractivity contribution in [3.05, 3.63) is 90.0 Å². The van der Waals surface area contributed by atoms with E-state index in [1.807, 2.05) is 66.1 Å². The molecule has 0 aliphatic carbocycles. The van der Waals surface area contributed by atoms with Crippen LogP contribution in [0.3, 0.4) is 0 Å². The van der Waals surface area contributed by atoms with E-state index in [-0.39, 0.29) is 17.1 Å². The van der Waals surface area contributed by atoms with Gasteiger partial charge in [0, 0.05) is 16.8 Å². The van der Waals surface area contributed by atoms with E-state index >= 15 is 0 Å². The van der Waals surface area contributed by atoms with Crippen molar-refractivity contribution in [1.29, 1.82) is 0 Å². The smallest absolute Gasteiger partial charge is 0.250 e. The molecule has 8 heteroatoms. The number of carbonyl (C=O) groups excluding carboxylic acids is 1. The number of hydrazone groups is 1. The average Bonchev–Trinajstić information content (AvgIpc) is 3.33. The Morgan fingerprint density at radius 2 is 1.70 bits per heavy atom. The van der Waals surface area contributed by atoms with Crippen molar-refractivity contribution >= 4 is 23.9 Å². The van der Waals surface area contributed by atoms with Crippen LogP contribution in [0, 0.1) is 0 Å². The molecule has 0 spiro atoms. The molecular formula is C29H31N5O2S. The van der Waals surface area contributed by atoms with Gasteiger partial charge in [-0.3, -0.25) is 9.36 Å². The summed E-state index contributed by atoms with van der Waals surface area (Å²) in [5.74, 6) is 1.34. The zero-order valence-corrected chi connectivity index (χ0v) is 22.3. The molecule has 1 aromatic heterocycles. The van der Waals surface area contributed by atoms with E-state index in [2.05, 4.69) is 65.8 Å². The van der Waals surface area contributed by atoms with Crippen LogP contribution in [0.5, 0.6) is 5.75 Å². The second kappa shape index (κ2) is 11.9. The largest absolute Gasteiger partial charge is 0.493 e. The molecule has 37 heavy (non-hydrogen) atoms. The van der Waals surface area contributed by atoms with Crippen molar-refractivity contribution in [2.75, 3.05) is 12.4 Å². The van der Waals surface area contributed by atoms with Crippen molar-refractivity contribution in [2.24, 2.45) is 5.10 Å². The monoisotopic (exact) mass is 513 g/mol. The normalized spacial score (nSPS) is 11.6. The van der Waals surface area contributed by atoms with Gasteiger partial charge < -0.3 is 4.74 Å². The van der Waals surface area contributed by atoms with Crippen LogP contribution < -0.4 is 10.2 Å².